The van der Waals surface area contributed by atoms with E-state index < -0.39 is 5.91 Å². The van der Waals surface area contributed by atoms with Gasteiger partial charge >= 0.3 is 0 Å². The molecule has 2 N–H and O–H groups in total. The van der Waals surface area contributed by atoms with Crippen LogP contribution in [0.2, 0.25) is 0 Å². The lowest BCUT2D eigenvalue weighted by Crippen LogP contribution is -2.18. The summed E-state index contributed by atoms with van der Waals surface area (Å²) in [5, 5.41) is 10.3. The summed E-state index contributed by atoms with van der Waals surface area (Å²) in [7, 11) is 0. The lowest BCUT2D eigenvalue weighted by molar-refractivity contribution is 0.0708. The number of hydrogen-bond donors (Lipinski definition) is 2. The van der Waals surface area contributed by atoms with Gasteiger partial charge in [0.1, 0.15) is 0 Å². The molecular formula is C11H8NO2. The van der Waals surface area contributed by atoms with Crippen molar-refractivity contribution in [2.24, 2.45) is 0 Å². The first kappa shape index (κ1) is 8.72. The highest BCUT2D eigenvalue weighted by Gasteiger charge is 2.07. The second-order valence-corrected chi connectivity index (χ2v) is 2.89. The molecule has 0 spiro atoms. The van der Waals surface area contributed by atoms with Crippen LogP contribution in [-0.2, 0) is 0 Å². The van der Waals surface area contributed by atoms with Gasteiger partial charge < -0.3 is 0 Å². The third-order valence-electron chi connectivity index (χ3n) is 2.07. The average molecular weight is 186 g/mol. The summed E-state index contributed by atoms with van der Waals surface area (Å²) >= 11 is 0. The van der Waals surface area contributed by atoms with E-state index in [1.54, 1.807) is 35.8 Å². The van der Waals surface area contributed by atoms with Gasteiger partial charge in [0.25, 0.3) is 5.91 Å². The summed E-state index contributed by atoms with van der Waals surface area (Å²) in [6, 6.07) is 13.6. The highest BCUT2D eigenvalue weighted by molar-refractivity contribution is 6.06. The van der Waals surface area contributed by atoms with Gasteiger partial charge in [-0.2, -0.15) is 0 Å². The second kappa shape index (κ2) is 3.47. The number of hydrogen-bond acceptors (Lipinski definition) is 2. The summed E-state index contributed by atoms with van der Waals surface area (Å²) in [4.78, 5) is 11.3. The van der Waals surface area contributed by atoms with Crippen LogP contribution in [0.1, 0.15) is 10.4 Å². The Morgan fingerprint density at radius 1 is 1.36 bits per heavy atom. The SMILES string of the molecule is O=C(NO)c1cccc2c[c]ccc12. The van der Waals surface area contributed by atoms with Gasteiger partial charge in [0.15, 0.2) is 0 Å². The molecule has 14 heavy (non-hydrogen) atoms. The van der Waals surface area contributed by atoms with E-state index in [1.807, 2.05) is 6.07 Å². The first-order valence-corrected chi connectivity index (χ1v) is 4.16. The number of nitrogens with one attached hydrogen (secondary N) is 1. The van der Waals surface area contributed by atoms with Crippen molar-refractivity contribution in [1.29, 1.82) is 0 Å². The Kier molecular flexibility index (Phi) is 2.16. The second-order valence-electron chi connectivity index (χ2n) is 2.89. The van der Waals surface area contributed by atoms with Crippen LogP contribution in [0.5, 0.6) is 0 Å². The van der Waals surface area contributed by atoms with Gasteiger partial charge in [-0.25, -0.2) is 5.48 Å². The largest absolute Gasteiger partial charge is 0.288 e. The van der Waals surface area contributed by atoms with Crippen LogP contribution in [0.15, 0.2) is 36.4 Å². The van der Waals surface area contributed by atoms with Crippen molar-refractivity contribution in [1.82, 2.24) is 5.48 Å². The fraction of sp³-hybridized carbons (Fsp3) is 0. The number of hydroxylamine groups is 1. The molecule has 0 atom stereocenters. The predicted octanol–water partition coefficient (Wildman–Crippen LogP) is 1.76. The van der Waals surface area contributed by atoms with Crippen molar-refractivity contribution in [2.45, 2.75) is 0 Å². The van der Waals surface area contributed by atoms with Crippen molar-refractivity contribution < 1.29 is 10.0 Å². The molecule has 0 aliphatic carbocycles. The van der Waals surface area contributed by atoms with Crippen LogP contribution in [-0.4, -0.2) is 11.1 Å². The normalized spacial score (nSPS) is 10.1. The van der Waals surface area contributed by atoms with Crippen LogP contribution in [0.3, 0.4) is 0 Å². The molecule has 1 radical (unpaired) electrons. The van der Waals surface area contributed by atoms with Gasteiger partial charge in [-0.1, -0.05) is 24.3 Å². The zero-order valence-electron chi connectivity index (χ0n) is 7.32. The molecule has 1 amide bonds. The van der Waals surface area contributed by atoms with Crippen LogP contribution in [0.4, 0.5) is 0 Å². The Bertz CT molecular complexity index is 474. The third kappa shape index (κ3) is 1.34. The molecule has 0 saturated heterocycles. The van der Waals surface area contributed by atoms with Crippen LogP contribution >= 0.6 is 0 Å². The fourth-order valence-electron chi connectivity index (χ4n) is 1.42. The highest BCUT2D eigenvalue weighted by atomic mass is 16.5. The Morgan fingerprint density at radius 2 is 2.21 bits per heavy atom. The summed E-state index contributed by atoms with van der Waals surface area (Å²) in [5.74, 6) is -0.498. The molecule has 0 bridgehead atoms. The number of fused-ring (bicyclic) bond motifs is 1. The lowest BCUT2D eigenvalue weighted by atomic mass is 10.0. The van der Waals surface area contributed by atoms with Crippen LogP contribution in [0, 0.1) is 6.07 Å². The first-order chi connectivity index (χ1) is 6.83. The van der Waals surface area contributed by atoms with Crippen molar-refractivity contribution in [3.63, 3.8) is 0 Å². The number of carbonyl (C=O) groups is 1. The number of carbonyl (C=O) groups excluding carboxylic acids is 1. The minimum absolute atomic E-state index is 0.457. The maximum atomic E-state index is 11.3. The van der Waals surface area contributed by atoms with Crippen LogP contribution < -0.4 is 5.48 Å². The van der Waals surface area contributed by atoms with E-state index in [4.69, 9.17) is 5.21 Å². The Hall–Kier alpha value is -1.87. The number of benzene rings is 2. The lowest BCUT2D eigenvalue weighted by Gasteiger charge is -2.03. The molecule has 69 valence electrons. The fourth-order valence-corrected chi connectivity index (χ4v) is 1.42. The summed E-state index contributed by atoms with van der Waals surface area (Å²) < 4.78 is 0. The predicted molar refractivity (Wildman–Crippen MR) is 52.0 cm³/mol. The van der Waals surface area contributed by atoms with Crippen molar-refractivity contribution >= 4 is 16.7 Å². The number of rotatable bonds is 1. The maximum absolute atomic E-state index is 11.3. The molecule has 0 unspecified atom stereocenters. The summed E-state index contributed by atoms with van der Waals surface area (Å²) in [6.07, 6.45) is 0. The minimum atomic E-state index is -0.498. The Morgan fingerprint density at radius 3 is 3.00 bits per heavy atom. The highest BCUT2D eigenvalue weighted by Crippen LogP contribution is 2.17. The summed E-state index contributed by atoms with van der Waals surface area (Å²) in [5.41, 5.74) is 2.08. The molecule has 2 aromatic carbocycles. The zero-order chi connectivity index (χ0) is 9.97. The maximum Gasteiger partial charge on any atom is 0.275 e. The minimum Gasteiger partial charge on any atom is -0.288 e. The van der Waals surface area contributed by atoms with E-state index in [1.165, 1.54) is 0 Å². The van der Waals surface area contributed by atoms with Gasteiger partial charge in [0.2, 0.25) is 0 Å². The van der Waals surface area contributed by atoms with Crippen molar-refractivity contribution in [2.75, 3.05) is 0 Å². The molecule has 3 heteroatoms. The van der Waals surface area contributed by atoms with Gasteiger partial charge in [-0.3, -0.25) is 10.0 Å². The molecule has 0 aliphatic rings. The van der Waals surface area contributed by atoms with E-state index in [0.717, 1.165) is 10.8 Å². The smallest absolute Gasteiger partial charge is 0.275 e. The number of amides is 1. The molecule has 0 aliphatic heterocycles. The van der Waals surface area contributed by atoms with E-state index >= 15 is 0 Å². The standard InChI is InChI=1S/C11H8NO2/c13-11(12-14)10-7-3-5-8-4-1-2-6-9(8)10/h2-7,14H,(H,12,13). The monoisotopic (exact) mass is 186 g/mol. The summed E-state index contributed by atoms with van der Waals surface area (Å²) in [6.45, 7) is 0. The van der Waals surface area contributed by atoms with E-state index in [-0.39, 0.29) is 0 Å². The van der Waals surface area contributed by atoms with Gasteiger partial charge in [-0.05, 0) is 29.0 Å². The molecule has 3 nitrogen and oxygen atoms in total. The van der Waals surface area contributed by atoms with E-state index in [9.17, 15) is 4.79 Å². The Balaban J connectivity index is 2.71. The van der Waals surface area contributed by atoms with Gasteiger partial charge in [0, 0.05) is 5.56 Å². The Labute approximate surface area is 80.9 Å². The topological polar surface area (TPSA) is 49.3 Å². The molecule has 0 fully saturated rings. The van der Waals surface area contributed by atoms with Crippen LogP contribution in [0.25, 0.3) is 10.8 Å². The van der Waals surface area contributed by atoms with Crippen molar-refractivity contribution in [3.8, 4) is 0 Å². The van der Waals surface area contributed by atoms with Gasteiger partial charge in [-0.15, -0.1) is 0 Å². The van der Waals surface area contributed by atoms with E-state index in [0.29, 0.717) is 5.56 Å². The quantitative estimate of drug-likeness (QED) is 0.526. The average Bonchev–Trinajstić information content (AvgIpc) is 2.27. The molecule has 2 rings (SSSR count). The zero-order valence-corrected chi connectivity index (χ0v) is 7.32. The first-order valence-electron chi connectivity index (χ1n) is 4.16. The van der Waals surface area contributed by atoms with Gasteiger partial charge in [0.05, 0.1) is 0 Å². The van der Waals surface area contributed by atoms with Crippen molar-refractivity contribution in [3.05, 3.63) is 48.0 Å². The molecule has 0 saturated carbocycles. The molecular weight excluding hydrogens is 178 g/mol. The molecule has 2 aromatic rings. The van der Waals surface area contributed by atoms with E-state index in [2.05, 4.69) is 6.07 Å². The molecule has 0 heterocycles. The third-order valence-corrected chi connectivity index (χ3v) is 2.07. The molecule has 0 aromatic heterocycles.